The monoisotopic (exact) mass is 343 g/mol. The third-order valence-electron chi connectivity index (χ3n) is 3.81. The summed E-state index contributed by atoms with van der Waals surface area (Å²) in [5.74, 6) is -0.0758. The van der Waals surface area contributed by atoms with E-state index in [1.165, 1.54) is 20.2 Å². The molecule has 0 atom stereocenters. The number of rotatable bonds is 1. The highest BCUT2D eigenvalue weighted by Crippen LogP contribution is 2.37. The molecular weight excluding hydrogens is 322 g/mol. The molecule has 1 aromatic rings. The largest absolute Gasteiger partial charge is 0.439 e. The Morgan fingerprint density at radius 1 is 0.840 bits per heavy atom. The SMILES string of the molecule is CC.CN1C(=O)C(=CC=C2Oc3ccccc3N2C)C(=O)N(C)C1=O. The number of barbiturate groups is 1. The van der Waals surface area contributed by atoms with Crippen molar-refractivity contribution in [2.24, 2.45) is 0 Å². The third kappa shape index (κ3) is 3.13. The van der Waals surface area contributed by atoms with E-state index < -0.39 is 17.8 Å². The fraction of sp³-hybridized carbons (Fsp3) is 0.278. The van der Waals surface area contributed by atoms with Crippen LogP contribution in [0, 0.1) is 0 Å². The summed E-state index contributed by atoms with van der Waals surface area (Å²) in [6, 6.07) is 6.84. The number of urea groups is 1. The molecule has 2 heterocycles. The van der Waals surface area contributed by atoms with Crippen LogP contribution in [0.1, 0.15) is 13.8 Å². The van der Waals surface area contributed by atoms with Gasteiger partial charge < -0.3 is 9.64 Å². The molecule has 0 aliphatic carbocycles. The Labute approximate surface area is 146 Å². The van der Waals surface area contributed by atoms with E-state index in [0.29, 0.717) is 11.6 Å². The van der Waals surface area contributed by atoms with Crippen molar-refractivity contribution >= 4 is 23.5 Å². The van der Waals surface area contributed by atoms with E-state index in [-0.39, 0.29) is 5.57 Å². The van der Waals surface area contributed by atoms with Crippen LogP contribution in [0.4, 0.5) is 10.5 Å². The molecular formula is C18H21N3O4. The van der Waals surface area contributed by atoms with Gasteiger partial charge in [0.2, 0.25) is 0 Å². The van der Waals surface area contributed by atoms with Crippen molar-refractivity contribution < 1.29 is 19.1 Å². The zero-order valence-corrected chi connectivity index (χ0v) is 14.9. The fourth-order valence-corrected chi connectivity index (χ4v) is 2.41. The van der Waals surface area contributed by atoms with Crippen molar-refractivity contribution in [1.82, 2.24) is 9.80 Å². The number of allylic oxidation sites excluding steroid dienone is 2. The minimum atomic E-state index is -0.647. The predicted octanol–water partition coefficient (Wildman–Crippen LogP) is 2.36. The number of hydrogen-bond donors (Lipinski definition) is 0. The minimum absolute atomic E-state index is 0.0879. The number of carbonyl (C=O) groups is 3. The van der Waals surface area contributed by atoms with E-state index in [1.54, 1.807) is 6.08 Å². The highest BCUT2D eigenvalue weighted by Gasteiger charge is 2.37. The molecule has 0 spiro atoms. The highest BCUT2D eigenvalue weighted by atomic mass is 16.5. The predicted molar refractivity (Wildman–Crippen MR) is 93.9 cm³/mol. The molecule has 0 bridgehead atoms. The normalized spacial score (nSPS) is 18.1. The zero-order chi connectivity index (χ0) is 18.7. The highest BCUT2D eigenvalue weighted by molar-refractivity contribution is 6.28. The van der Waals surface area contributed by atoms with E-state index in [9.17, 15) is 14.4 Å². The Bertz CT molecular complexity index is 756. The number of likely N-dealkylation sites (N-methyl/N-ethyl adjacent to an activating group) is 2. The van der Waals surface area contributed by atoms with Gasteiger partial charge in [-0.25, -0.2) is 4.79 Å². The summed E-state index contributed by atoms with van der Waals surface area (Å²) in [6.07, 6.45) is 2.92. The summed E-state index contributed by atoms with van der Waals surface area (Å²) < 4.78 is 5.68. The van der Waals surface area contributed by atoms with Crippen LogP contribution < -0.4 is 9.64 Å². The first-order chi connectivity index (χ1) is 11.9. The van der Waals surface area contributed by atoms with Gasteiger partial charge in [0.15, 0.2) is 11.6 Å². The van der Waals surface area contributed by atoms with Crippen molar-refractivity contribution in [3.63, 3.8) is 0 Å². The average Bonchev–Trinajstić information content (AvgIpc) is 2.96. The Morgan fingerprint density at radius 2 is 1.40 bits per heavy atom. The first-order valence-corrected chi connectivity index (χ1v) is 7.94. The van der Waals surface area contributed by atoms with Gasteiger partial charge in [-0.2, -0.15) is 0 Å². The lowest BCUT2D eigenvalue weighted by Crippen LogP contribution is -2.53. The van der Waals surface area contributed by atoms with Gasteiger partial charge in [0.1, 0.15) is 5.57 Å². The van der Waals surface area contributed by atoms with Crippen LogP contribution in [0.2, 0.25) is 0 Å². The Morgan fingerprint density at radius 3 is 1.96 bits per heavy atom. The van der Waals surface area contributed by atoms with E-state index >= 15 is 0 Å². The lowest BCUT2D eigenvalue weighted by Gasteiger charge is -2.28. The second kappa shape index (κ2) is 7.21. The zero-order valence-electron chi connectivity index (χ0n) is 14.9. The maximum atomic E-state index is 12.1. The molecule has 7 nitrogen and oxygen atoms in total. The maximum absolute atomic E-state index is 12.1. The van der Waals surface area contributed by atoms with Crippen molar-refractivity contribution in [3.8, 4) is 5.75 Å². The van der Waals surface area contributed by atoms with Gasteiger partial charge in [-0.15, -0.1) is 0 Å². The third-order valence-corrected chi connectivity index (χ3v) is 3.81. The van der Waals surface area contributed by atoms with Crippen LogP contribution in [-0.2, 0) is 9.59 Å². The first kappa shape index (κ1) is 18.3. The molecule has 132 valence electrons. The molecule has 2 aliphatic heterocycles. The molecule has 3 rings (SSSR count). The fourth-order valence-electron chi connectivity index (χ4n) is 2.41. The second-order valence-corrected chi connectivity index (χ2v) is 5.22. The smallest absolute Gasteiger partial charge is 0.333 e. The van der Waals surface area contributed by atoms with Crippen molar-refractivity contribution in [2.45, 2.75) is 13.8 Å². The first-order valence-electron chi connectivity index (χ1n) is 7.94. The molecule has 7 heteroatoms. The van der Waals surface area contributed by atoms with Gasteiger partial charge in [-0.05, 0) is 24.3 Å². The van der Waals surface area contributed by atoms with Crippen LogP contribution in [0.5, 0.6) is 5.75 Å². The van der Waals surface area contributed by atoms with Crippen LogP contribution in [0.15, 0.2) is 47.9 Å². The molecule has 25 heavy (non-hydrogen) atoms. The molecule has 0 saturated carbocycles. The van der Waals surface area contributed by atoms with Gasteiger partial charge in [0.25, 0.3) is 11.8 Å². The van der Waals surface area contributed by atoms with Crippen molar-refractivity contribution in [2.75, 3.05) is 26.0 Å². The van der Waals surface area contributed by atoms with Crippen LogP contribution >= 0.6 is 0 Å². The van der Waals surface area contributed by atoms with Crippen molar-refractivity contribution in [1.29, 1.82) is 0 Å². The molecule has 1 fully saturated rings. The quantitative estimate of drug-likeness (QED) is 0.578. The number of imide groups is 2. The van der Waals surface area contributed by atoms with E-state index in [1.807, 2.05) is 50.1 Å². The summed E-state index contributed by atoms with van der Waals surface area (Å²) >= 11 is 0. The van der Waals surface area contributed by atoms with Gasteiger partial charge in [-0.3, -0.25) is 19.4 Å². The number of para-hydroxylation sites is 2. The molecule has 0 radical (unpaired) electrons. The van der Waals surface area contributed by atoms with Gasteiger partial charge in [0.05, 0.1) is 5.69 Å². The van der Waals surface area contributed by atoms with E-state index in [4.69, 9.17) is 4.74 Å². The Balaban J connectivity index is 0.00000109. The molecule has 0 aromatic heterocycles. The lowest BCUT2D eigenvalue weighted by molar-refractivity contribution is -0.134. The molecule has 1 saturated heterocycles. The van der Waals surface area contributed by atoms with E-state index in [0.717, 1.165) is 15.5 Å². The molecule has 0 unspecified atom stereocenters. The minimum Gasteiger partial charge on any atom is -0.439 e. The Hall–Kier alpha value is -3.09. The number of carbonyl (C=O) groups excluding carboxylic acids is 3. The standard InChI is InChI=1S/C16H15N3O4.C2H6/c1-17-11-6-4-5-7-12(11)23-13(17)9-8-10-14(20)18(2)16(22)19(3)15(10)21;1-2/h4-9H,1-3H3;1-2H3. The molecule has 0 N–H and O–H groups in total. The number of ether oxygens (including phenoxy) is 1. The summed E-state index contributed by atoms with van der Waals surface area (Å²) in [5, 5.41) is 0. The number of hydrogen-bond acceptors (Lipinski definition) is 5. The summed E-state index contributed by atoms with van der Waals surface area (Å²) in [4.78, 5) is 39.5. The van der Waals surface area contributed by atoms with Gasteiger partial charge >= 0.3 is 6.03 Å². The number of anilines is 1. The number of amides is 4. The molecule has 4 amide bonds. The molecule has 2 aliphatic rings. The number of fused-ring (bicyclic) bond motifs is 1. The summed E-state index contributed by atoms with van der Waals surface area (Å²) in [5.41, 5.74) is 0.804. The lowest BCUT2D eigenvalue weighted by atomic mass is 10.1. The van der Waals surface area contributed by atoms with Gasteiger partial charge in [0, 0.05) is 21.1 Å². The van der Waals surface area contributed by atoms with Crippen LogP contribution in [0.3, 0.4) is 0 Å². The second-order valence-electron chi connectivity index (χ2n) is 5.22. The topological polar surface area (TPSA) is 70.2 Å². The number of nitrogens with zero attached hydrogens (tertiary/aromatic N) is 3. The van der Waals surface area contributed by atoms with Crippen LogP contribution in [0.25, 0.3) is 0 Å². The van der Waals surface area contributed by atoms with Crippen LogP contribution in [-0.4, -0.2) is 48.8 Å². The summed E-state index contributed by atoms with van der Waals surface area (Å²) in [6.45, 7) is 4.00. The summed E-state index contributed by atoms with van der Waals surface area (Å²) in [7, 11) is 4.49. The molecule has 1 aromatic carbocycles. The Kier molecular flexibility index (Phi) is 5.26. The maximum Gasteiger partial charge on any atom is 0.333 e. The van der Waals surface area contributed by atoms with E-state index in [2.05, 4.69) is 0 Å². The van der Waals surface area contributed by atoms with Gasteiger partial charge in [-0.1, -0.05) is 26.0 Å². The average molecular weight is 343 g/mol. The number of benzene rings is 1. The van der Waals surface area contributed by atoms with Crippen molar-refractivity contribution in [3.05, 3.63) is 47.9 Å².